The molecule has 0 amide bonds. The highest BCUT2D eigenvalue weighted by atomic mass is 19.1. The molecule has 0 rings (SSSR count). The molecule has 0 bridgehead atoms. The van der Waals surface area contributed by atoms with Gasteiger partial charge in [0.2, 0.25) is 0 Å². The summed E-state index contributed by atoms with van der Waals surface area (Å²) in [7, 11) is 8.14. The SMILES string of the molecule is CCC(C)C(CC)C(F)CN(C)C.CCC(CCN(C)C)C(C)C. The van der Waals surface area contributed by atoms with Crippen molar-refractivity contribution < 1.29 is 4.39 Å². The third-order valence-electron chi connectivity index (χ3n) is 5.26. The van der Waals surface area contributed by atoms with Gasteiger partial charge in [-0.25, -0.2) is 4.39 Å². The molecule has 0 N–H and O–H groups in total. The van der Waals surface area contributed by atoms with Crippen LogP contribution < -0.4 is 0 Å². The van der Waals surface area contributed by atoms with Crippen molar-refractivity contribution in [2.45, 2.75) is 73.4 Å². The largest absolute Gasteiger partial charge is 0.309 e. The summed E-state index contributed by atoms with van der Waals surface area (Å²) in [5.74, 6) is 2.49. The smallest absolute Gasteiger partial charge is 0.116 e. The van der Waals surface area contributed by atoms with Crippen LogP contribution in [0.4, 0.5) is 4.39 Å². The fourth-order valence-corrected chi connectivity index (χ4v) is 3.23. The van der Waals surface area contributed by atoms with Gasteiger partial charge in [0.25, 0.3) is 0 Å². The Bertz CT molecular complexity index is 267. The van der Waals surface area contributed by atoms with Gasteiger partial charge in [-0.1, -0.05) is 60.8 Å². The number of alkyl halides is 1. The van der Waals surface area contributed by atoms with Crippen molar-refractivity contribution >= 4 is 0 Å². The van der Waals surface area contributed by atoms with E-state index in [9.17, 15) is 4.39 Å². The van der Waals surface area contributed by atoms with E-state index in [4.69, 9.17) is 0 Å². The highest BCUT2D eigenvalue weighted by Gasteiger charge is 2.24. The molecule has 0 radical (unpaired) electrons. The Morgan fingerprint density at radius 1 is 0.792 bits per heavy atom. The Morgan fingerprint density at radius 2 is 1.33 bits per heavy atom. The van der Waals surface area contributed by atoms with Crippen LogP contribution in [0.5, 0.6) is 0 Å². The van der Waals surface area contributed by atoms with Crippen LogP contribution in [0.25, 0.3) is 0 Å². The molecule has 2 nitrogen and oxygen atoms in total. The van der Waals surface area contributed by atoms with E-state index in [2.05, 4.69) is 60.5 Å². The monoisotopic (exact) mass is 346 g/mol. The van der Waals surface area contributed by atoms with Crippen LogP contribution in [0.15, 0.2) is 0 Å². The van der Waals surface area contributed by atoms with Crippen LogP contribution >= 0.6 is 0 Å². The van der Waals surface area contributed by atoms with E-state index in [0.29, 0.717) is 12.5 Å². The maximum Gasteiger partial charge on any atom is 0.116 e. The summed E-state index contributed by atoms with van der Waals surface area (Å²) < 4.78 is 13.7. The van der Waals surface area contributed by atoms with Crippen LogP contribution in [0, 0.1) is 23.7 Å². The number of hydrogen-bond donors (Lipinski definition) is 0. The first-order valence-corrected chi connectivity index (χ1v) is 10.0. The maximum absolute atomic E-state index is 13.7. The predicted molar refractivity (Wildman–Crippen MR) is 108 cm³/mol. The second kappa shape index (κ2) is 15.1. The average Bonchev–Trinajstić information content (AvgIpc) is 2.47. The Hall–Kier alpha value is -0.150. The second-order valence-electron chi connectivity index (χ2n) is 8.24. The number of hydrogen-bond acceptors (Lipinski definition) is 2. The molecular weight excluding hydrogens is 299 g/mol. The molecule has 0 aliphatic carbocycles. The Labute approximate surface area is 153 Å². The van der Waals surface area contributed by atoms with Gasteiger partial charge in [-0.2, -0.15) is 0 Å². The molecular formula is C21H47FN2. The second-order valence-corrected chi connectivity index (χ2v) is 8.24. The normalized spacial score (nSPS) is 16.8. The quantitative estimate of drug-likeness (QED) is 0.482. The van der Waals surface area contributed by atoms with Crippen LogP contribution in [-0.4, -0.2) is 57.3 Å². The van der Waals surface area contributed by atoms with E-state index in [0.717, 1.165) is 24.7 Å². The van der Waals surface area contributed by atoms with Gasteiger partial charge in [0.05, 0.1) is 0 Å². The molecule has 0 aliphatic rings. The van der Waals surface area contributed by atoms with Gasteiger partial charge in [-0.3, -0.25) is 0 Å². The highest BCUT2D eigenvalue weighted by molar-refractivity contribution is 4.74. The molecule has 0 saturated carbocycles. The van der Waals surface area contributed by atoms with Gasteiger partial charge in [-0.05, 0) is 64.8 Å². The minimum absolute atomic E-state index is 0.229. The zero-order valence-electron chi connectivity index (χ0n) is 18.4. The minimum atomic E-state index is -0.671. The fraction of sp³-hybridized carbons (Fsp3) is 1.00. The third-order valence-corrected chi connectivity index (χ3v) is 5.26. The predicted octanol–water partition coefficient (Wildman–Crippen LogP) is 5.58. The Kier molecular flexibility index (Phi) is 16.4. The van der Waals surface area contributed by atoms with Crippen molar-refractivity contribution in [3.05, 3.63) is 0 Å². The average molecular weight is 347 g/mol. The first-order valence-electron chi connectivity index (χ1n) is 10.0. The molecule has 3 heteroatoms. The van der Waals surface area contributed by atoms with Crippen molar-refractivity contribution in [2.75, 3.05) is 41.3 Å². The first-order chi connectivity index (χ1) is 11.1. The van der Waals surface area contributed by atoms with E-state index in [1.165, 1.54) is 19.4 Å². The number of rotatable bonds is 11. The third kappa shape index (κ3) is 13.2. The summed E-state index contributed by atoms with van der Waals surface area (Å²) in [6.45, 7) is 15.1. The van der Waals surface area contributed by atoms with Gasteiger partial charge in [0.1, 0.15) is 6.17 Å². The molecule has 0 aromatic carbocycles. The van der Waals surface area contributed by atoms with Crippen molar-refractivity contribution in [2.24, 2.45) is 23.7 Å². The van der Waals surface area contributed by atoms with E-state index < -0.39 is 6.17 Å². The molecule has 0 heterocycles. The highest BCUT2D eigenvalue weighted by Crippen LogP contribution is 2.24. The molecule has 0 fully saturated rings. The molecule has 0 aliphatic heterocycles. The molecule has 4 unspecified atom stereocenters. The van der Waals surface area contributed by atoms with E-state index in [-0.39, 0.29) is 5.92 Å². The lowest BCUT2D eigenvalue weighted by atomic mass is 9.85. The van der Waals surface area contributed by atoms with Crippen molar-refractivity contribution in [1.82, 2.24) is 9.80 Å². The van der Waals surface area contributed by atoms with Crippen LogP contribution in [0.2, 0.25) is 0 Å². The lowest BCUT2D eigenvalue weighted by Gasteiger charge is -2.27. The summed E-state index contributed by atoms with van der Waals surface area (Å²) in [6.07, 6.45) is 4.03. The maximum atomic E-state index is 13.7. The van der Waals surface area contributed by atoms with Crippen molar-refractivity contribution in [1.29, 1.82) is 0 Å². The summed E-state index contributed by atoms with van der Waals surface area (Å²) in [5, 5.41) is 0. The first kappa shape index (κ1) is 26.1. The molecule has 24 heavy (non-hydrogen) atoms. The molecule has 0 aromatic heterocycles. The molecule has 0 aromatic rings. The van der Waals surface area contributed by atoms with Gasteiger partial charge >= 0.3 is 0 Å². The molecule has 148 valence electrons. The topological polar surface area (TPSA) is 6.48 Å². The number of nitrogens with zero attached hydrogens (tertiary/aromatic N) is 2. The van der Waals surface area contributed by atoms with Gasteiger partial charge < -0.3 is 9.80 Å². The van der Waals surface area contributed by atoms with Crippen molar-refractivity contribution in [3.63, 3.8) is 0 Å². The lowest BCUT2D eigenvalue weighted by Crippen LogP contribution is -2.32. The minimum Gasteiger partial charge on any atom is -0.309 e. The summed E-state index contributed by atoms with van der Waals surface area (Å²) in [6, 6.07) is 0. The Morgan fingerprint density at radius 3 is 1.62 bits per heavy atom. The molecule has 0 spiro atoms. The Balaban J connectivity index is 0. The molecule has 0 saturated heterocycles. The summed E-state index contributed by atoms with van der Waals surface area (Å²) in [5.41, 5.74) is 0. The summed E-state index contributed by atoms with van der Waals surface area (Å²) in [4.78, 5) is 4.20. The fourth-order valence-electron chi connectivity index (χ4n) is 3.23. The summed E-state index contributed by atoms with van der Waals surface area (Å²) >= 11 is 0. The van der Waals surface area contributed by atoms with Gasteiger partial charge in [-0.15, -0.1) is 0 Å². The zero-order valence-corrected chi connectivity index (χ0v) is 18.4. The number of halogens is 1. The standard InChI is InChI=1S/C11H24FN.C10H23N/c1-6-9(3)10(7-2)11(12)8-13(4)5;1-6-10(9(2)3)7-8-11(4)5/h9-11H,6-8H2,1-5H3;9-10H,6-8H2,1-5H3. The molecule has 4 atom stereocenters. The van der Waals surface area contributed by atoms with E-state index >= 15 is 0 Å². The van der Waals surface area contributed by atoms with Gasteiger partial charge in [0.15, 0.2) is 0 Å². The van der Waals surface area contributed by atoms with Gasteiger partial charge in [0, 0.05) is 6.54 Å². The van der Waals surface area contributed by atoms with E-state index in [1.54, 1.807) is 0 Å². The van der Waals surface area contributed by atoms with Crippen LogP contribution in [0.3, 0.4) is 0 Å². The van der Waals surface area contributed by atoms with Crippen LogP contribution in [0.1, 0.15) is 67.2 Å². The lowest BCUT2D eigenvalue weighted by molar-refractivity contribution is 0.131. The van der Waals surface area contributed by atoms with E-state index in [1.807, 2.05) is 19.0 Å². The zero-order chi connectivity index (χ0) is 19.3. The van der Waals surface area contributed by atoms with Crippen LogP contribution in [-0.2, 0) is 0 Å². The van der Waals surface area contributed by atoms with Crippen molar-refractivity contribution in [3.8, 4) is 0 Å².